The maximum atomic E-state index is 11.9. The molecule has 1 amide bonds. The molecule has 0 saturated heterocycles. The van der Waals surface area contributed by atoms with E-state index in [0.717, 1.165) is 6.54 Å². The number of hydrogen-bond donors (Lipinski definition) is 1. The van der Waals surface area contributed by atoms with Crippen LogP contribution >= 0.6 is 0 Å². The van der Waals surface area contributed by atoms with Gasteiger partial charge in [-0.15, -0.1) is 6.42 Å². The third-order valence-electron chi connectivity index (χ3n) is 2.48. The van der Waals surface area contributed by atoms with Gasteiger partial charge in [-0.3, -0.25) is 9.89 Å². The van der Waals surface area contributed by atoms with Crippen molar-refractivity contribution in [2.24, 2.45) is 5.92 Å². The molecule has 4 heteroatoms. The van der Waals surface area contributed by atoms with Gasteiger partial charge in [0, 0.05) is 12.7 Å². The van der Waals surface area contributed by atoms with E-state index in [2.05, 4.69) is 16.1 Å². The highest BCUT2D eigenvalue weighted by molar-refractivity contribution is 5.92. The molecule has 0 atom stereocenters. The van der Waals surface area contributed by atoms with Crippen molar-refractivity contribution in [3.05, 3.63) is 18.0 Å². The Morgan fingerprint density at radius 1 is 1.73 bits per heavy atom. The fraction of sp³-hybridized carbons (Fsp3) is 0.455. The molecule has 4 nitrogen and oxygen atoms in total. The lowest BCUT2D eigenvalue weighted by Crippen LogP contribution is -2.33. The molecule has 1 heterocycles. The third kappa shape index (κ3) is 2.38. The summed E-state index contributed by atoms with van der Waals surface area (Å²) in [4.78, 5) is 13.6. The zero-order chi connectivity index (χ0) is 10.7. The molecule has 78 valence electrons. The minimum atomic E-state index is -0.0580. The zero-order valence-electron chi connectivity index (χ0n) is 8.44. The summed E-state index contributed by atoms with van der Waals surface area (Å²) < 4.78 is 0. The van der Waals surface area contributed by atoms with E-state index < -0.39 is 0 Å². The second kappa shape index (κ2) is 4.18. The van der Waals surface area contributed by atoms with Crippen molar-refractivity contribution in [1.82, 2.24) is 15.1 Å². The van der Waals surface area contributed by atoms with Crippen LogP contribution in [0.4, 0.5) is 0 Å². The Morgan fingerprint density at radius 2 is 2.53 bits per heavy atom. The van der Waals surface area contributed by atoms with Crippen LogP contribution in [-0.2, 0) is 0 Å². The summed E-state index contributed by atoms with van der Waals surface area (Å²) in [6.07, 6.45) is 9.23. The number of carbonyl (C=O) groups is 1. The molecule has 1 aromatic rings. The minimum absolute atomic E-state index is 0.0580. The van der Waals surface area contributed by atoms with Crippen LogP contribution in [0.15, 0.2) is 12.3 Å². The monoisotopic (exact) mass is 203 g/mol. The fourth-order valence-electron chi connectivity index (χ4n) is 1.49. The summed E-state index contributed by atoms with van der Waals surface area (Å²) in [5.74, 6) is 3.10. The Kier molecular flexibility index (Phi) is 2.72. The number of aromatic amines is 1. The van der Waals surface area contributed by atoms with Crippen LogP contribution in [0.1, 0.15) is 23.3 Å². The highest BCUT2D eigenvalue weighted by atomic mass is 16.2. The summed E-state index contributed by atoms with van der Waals surface area (Å²) in [6.45, 7) is 1.14. The average Bonchev–Trinajstić information content (AvgIpc) is 2.88. The molecule has 0 spiro atoms. The maximum Gasteiger partial charge on any atom is 0.272 e. The molecule has 2 rings (SSSR count). The van der Waals surface area contributed by atoms with E-state index >= 15 is 0 Å². The predicted molar refractivity (Wildman–Crippen MR) is 56.0 cm³/mol. The molecule has 1 aliphatic carbocycles. The number of H-pyrrole nitrogens is 1. The largest absolute Gasteiger partial charge is 0.326 e. The van der Waals surface area contributed by atoms with Gasteiger partial charge < -0.3 is 4.90 Å². The van der Waals surface area contributed by atoms with Crippen molar-refractivity contribution >= 4 is 5.91 Å². The first-order chi connectivity index (χ1) is 7.31. The first-order valence-electron chi connectivity index (χ1n) is 5.03. The highest BCUT2D eigenvalue weighted by Crippen LogP contribution is 2.29. The van der Waals surface area contributed by atoms with Crippen LogP contribution in [0.2, 0.25) is 0 Å². The Bertz CT molecular complexity index is 373. The summed E-state index contributed by atoms with van der Waals surface area (Å²) in [6, 6.07) is 1.67. The van der Waals surface area contributed by atoms with E-state index in [0.29, 0.717) is 18.2 Å². The number of rotatable bonds is 4. The molecule has 1 fully saturated rings. The Labute approximate surface area is 88.7 Å². The van der Waals surface area contributed by atoms with Crippen LogP contribution in [-0.4, -0.2) is 34.1 Å². The van der Waals surface area contributed by atoms with Gasteiger partial charge in [-0.2, -0.15) is 5.10 Å². The molecule has 1 N–H and O–H groups in total. The molecule has 1 aliphatic rings. The van der Waals surface area contributed by atoms with E-state index in [4.69, 9.17) is 6.42 Å². The third-order valence-corrected chi connectivity index (χ3v) is 2.48. The number of carbonyl (C=O) groups excluding carboxylic acids is 1. The molecule has 0 radical (unpaired) electrons. The quantitative estimate of drug-likeness (QED) is 0.739. The number of nitrogens with zero attached hydrogens (tertiary/aromatic N) is 2. The lowest BCUT2D eigenvalue weighted by Gasteiger charge is -2.18. The topological polar surface area (TPSA) is 49.0 Å². The van der Waals surface area contributed by atoms with Crippen molar-refractivity contribution in [1.29, 1.82) is 0 Å². The van der Waals surface area contributed by atoms with Gasteiger partial charge >= 0.3 is 0 Å². The first kappa shape index (κ1) is 9.78. The number of terminal acetylenes is 1. The number of aromatic nitrogens is 2. The molecule has 1 saturated carbocycles. The lowest BCUT2D eigenvalue weighted by atomic mass is 10.3. The standard InChI is InChI=1S/C11H13N3O/c1-2-7-14(8-9-3-4-9)11(15)10-5-6-12-13-10/h1,5-6,9H,3-4,7-8H2,(H,12,13). The van der Waals surface area contributed by atoms with Gasteiger partial charge in [0.15, 0.2) is 0 Å². The van der Waals surface area contributed by atoms with Crippen LogP contribution in [0.25, 0.3) is 0 Å². The molecule has 0 aromatic carbocycles. The number of hydrogen-bond acceptors (Lipinski definition) is 2. The summed E-state index contributed by atoms with van der Waals surface area (Å²) in [7, 11) is 0. The van der Waals surface area contributed by atoms with E-state index in [1.54, 1.807) is 17.2 Å². The SMILES string of the molecule is C#CCN(CC1CC1)C(=O)c1ccn[nH]1. The Hall–Kier alpha value is -1.76. The van der Waals surface area contributed by atoms with Gasteiger partial charge in [-0.1, -0.05) is 5.92 Å². The fourth-order valence-corrected chi connectivity index (χ4v) is 1.49. The van der Waals surface area contributed by atoms with Crippen molar-refractivity contribution in [3.8, 4) is 12.3 Å². The Morgan fingerprint density at radius 3 is 3.07 bits per heavy atom. The van der Waals surface area contributed by atoms with E-state index in [-0.39, 0.29) is 5.91 Å². The second-order valence-corrected chi connectivity index (χ2v) is 3.80. The van der Waals surface area contributed by atoms with Crippen molar-refractivity contribution in [2.45, 2.75) is 12.8 Å². The van der Waals surface area contributed by atoms with Crippen LogP contribution in [0, 0.1) is 18.3 Å². The lowest BCUT2D eigenvalue weighted by molar-refractivity contribution is 0.0764. The minimum Gasteiger partial charge on any atom is -0.326 e. The molecule has 1 aromatic heterocycles. The van der Waals surface area contributed by atoms with E-state index in [1.165, 1.54) is 12.8 Å². The number of nitrogens with one attached hydrogen (secondary N) is 1. The van der Waals surface area contributed by atoms with Crippen molar-refractivity contribution in [2.75, 3.05) is 13.1 Å². The molecule has 0 unspecified atom stereocenters. The smallest absolute Gasteiger partial charge is 0.272 e. The predicted octanol–water partition coefficient (Wildman–Crippen LogP) is 0.895. The first-order valence-corrected chi connectivity index (χ1v) is 5.03. The van der Waals surface area contributed by atoms with Crippen molar-refractivity contribution in [3.63, 3.8) is 0 Å². The van der Waals surface area contributed by atoms with E-state index in [9.17, 15) is 4.79 Å². The van der Waals surface area contributed by atoms with Gasteiger partial charge in [-0.05, 0) is 24.8 Å². The van der Waals surface area contributed by atoms with Crippen molar-refractivity contribution < 1.29 is 4.79 Å². The average molecular weight is 203 g/mol. The number of amides is 1. The van der Waals surface area contributed by atoms with E-state index in [1.807, 2.05) is 0 Å². The molecular formula is C11H13N3O. The highest BCUT2D eigenvalue weighted by Gasteiger charge is 2.27. The zero-order valence-corrected chi connectivity index (χ0v) is 8.44. The van der Waals surface area contributed by atoms with Gasteiger partial charge in [0.25, 0.3) is 5.91 Å². The van der Waals surface area contributed by atoms with Crippen LogP contribution in [0.3, 0.4) is 0 Å². The summed E-state index contributed by atoms with van der Waals surface area (Å²) in [5, 5.41) is 6.42. The van der Waals surface area contributed by atoms with Gasteiger partial charge in [0.1, 0.15) is 5.69 Å². The maximum absolute atomic E-state index is 11.9. The van der Waals surface area contributed by atoms with Crippen LogP contribution < -0.4 is 0 Å². The normalized spacial score (nSPS) is 14.6. The summed E-state index contributed by atoms with van der Waals surface area (Å²) in [5.41, 5.74) is 0.505. The molecular weight excluding hydrogens is 190 g/mol. The van der Waals surface area contributed by atoms with Gasteiger partial charge in [0.2, 0.25) is 0 Å². The second-order valence-electron chi connectivity index (χ2n) is 3.80. The van der Waals surface area contributed by atoms with Crippen LogP contribution in [0.5, 0.6) is 0 Å². The molecule has 0 bridgehead atoms. The van der Waals surface area contributed by atoms with Gasteiger partial charge in [0.05, 0.1) is 6.54 Å². The Balaban J connectivity index is 2.03. The summed E-state index contributed by atoms with van der Waals surface area (Å²) >= 11 is 0. The molecule has 0 aliphatic heterocycles. The molecule has 15 heavy (non-hydrogen) atoms. The van der Waals surface area contributed by atoms with Gasteiger partial charge in [-0.25, -0.2) is 0 Å².